The second kappa shape index (κ2) is 8.55. The number of nitrogens with one attached hydrogen (secondary N) is 1. The van der Waals surface area contributed by atoms with E-state index < -0.39 is 10.0 Å². The maximum atomic E-state index is 13.0. The lowest BCUT2D eigenvalue weighted by molar-refractivity contribution is 0.0730. The van der Waals surface area contributed by atoms with Gasteiger partial charge in [0.05, 0.1) is 18.1 Å². The summed E-state index contributed by atoms with van der Waals surface area (Å²) in [7, 11) is -3.73. The number of ether oxygens (including phenoxy) is 1. The summed E-state index contributed by atoms with van der Waals surface area (Å²) in [4.78, 5) is 13.0. The standard InChI is InChI=1S/C21H25BrN2O4S/c1-21(2,3)16-6-4-5-7-18(16)23-20(25)15-8-9-17(22)19(14-15)29(26,27)24-10-12-28-13-11-24/h4-9,14H,10-13H2,1-3H3,(H,23,25). The number of benzene rings is 2. The van der Waals surface area contributed by atoms with Gasteiger partial charge in [0.25, 0.3) is 5.91 Å². The number of rotatable bonds is 4. The molecule has 1 fully saturated rings. The first-order chi connectivity index (χ1) is 13.6. The van der Waals surface area contributed by atoms with Crippen LogP contribution in [-0.4, -0.2) is 44.9 Å². The zero-order chi connectivity index (χ0) is 21.2. The lowest BCUT2D eigenvalue weighted by Crippen LogP contribution is -2.40. The molecule has 0 aliphatic carbocycles. The minimum atomic E-state index is -3.73. The van der Waals surface area contributed by atoms with Crippen LogP contribution in [-0.2, 0) is 20.2 Å². The quantitative estimate of drug-likeness (QED) is 0.716. The average Bonchev–Trinajstić information content (AvgIpc) is 2.68. The second-order valence-corrected chi connectivity index (χ2v) is 10.7. The summed E-state index contributed by atoms with van der Waals surface area (Å²) in [5.74, 6) is -0.354. The first-order valence-electron chi connectivity index (χ1n) is 9.39. The van der Waals surface area contributed by atoms with E-state index in [2.05, 4.69) is 42.0 Å². The van der Waals surface area contributed by atoms with Crippen LogP contribution in [0.4, 0.5) is 5.69 Å². The molecule has 0 spiro atoms. The molecular formula is C21H25BrN2O4S. The molecule has 156 valence electrons. The topological polar surface area (TPSA) is 75.7 Å². The summed E-state index contributed by atoms with van der Waals surface area (Å²) >= 11 is 3.32. The smallest absolute Gasteiger partial charge is 0.255 e. The molecule has 1 heterocycles. The summed E-state index contributed by atoms with van der Waals surface area (Å²) in [6, 6.07) is 12.2. The molecule has 0 bridgehead atoms. The molecule has 1 aliphatic rings. The van der Waals surface area contributed by atoms with Gasteiger partial charge in [-0.25, -0.2) is 8.42 Å². The van der Waals surface area contributed by atoms with Gasteiger partial charge in [-0.05, 0) is 51.2 Å². The Kier molecular flexibility index (Phi) is 6.48. The number of sulfonamides is 1. The Hall–Kier alpha value is -1.74. The van der Waals surface area contributed by atoms with Crippen LogP contribution in [0.1, 0.15) is 36.7 Å². The predicted octanol–water partition coefficient (Wildman–Crippen LogP) is 4.02. The summed E-state index contributed by atoms with van der Waals surface area (Å²) < 4.78 is 33.1. The molecule has 0 aromatic heterocycles. The molecule has 0 unspecified atom stereocenters. The third-order valence-corrected chi connectivity index (χ3v) is 7.66. The lowest BCUT2D eigenvalue weighted by Gasteiger charge is -2.26. The molecule has 29 heavy (non-hydrogen) atoms. The fourth-order valence-electron chi connectivity index (χ4n) is 3.21. The highest BCUT2D eigenvalue weighted by molar-refractivity contribution is 9.10. The molecule has 1 saturated heterocycles. The van der Waals surface area contributed by atoms with Crippen LogP contribution >= 0.6 is 15.9 Å². The number of morpholine rings is 1. The van der Waals surface area contributed by atoms with Crippen molar-refractivity contribution in [2.24, 2.45) is 0 Å². The Balaban J connectivity index is 1.91. The summed E-state index contributed by atoms with van der Waals surface area (Å²) in [6.45, 7) is 7.54. The van der Waals surface area contributed by atoms with E-state index in [1.165, 1.54) is 10.4 Å². The Morgan fingerprint density at radius 2 is 1.76 bits per heavy atom. The number of nitrogens with zero attached hydrogens (tertiary/aromatic N) is 1. The van der Waals surface area contributed by atoms with Crippen molar-refractivity contribution >= 4 is 37.5 Å². The third kappa shape index (κ3) is 4.88. The van der Waals surface area contributed by atoms with Gasteiger partial charge in [0.1, 0.15) is 0 Å². The van der Waals surface area contributed by atoms with Gasteiger partial charge in [-0.3, -0.25) is 4.79 Å². The highest BCUT2D eigenvalue weighted by atomic mass is 79.9. The van der Waals surface area contributed by atoms with Gasteiger partial charge in [-0.15, -0.1) is 0 Å². The number of halogens is 1. The molecule has 8 heteroatoms. The fraction of sp³-hybridized carbons (Fsp3) is 0.381. The maximum Gasteiger partial charge on any atom is 0.255 e. The molecule has 0 radical (unpaired) electrons. The maximum absolute atomic E-state index is 13.0. The molecule has 3 rings (SSSR count). The van der Waals surface area contributed by atoms with Crippen molar-refractivity contribution in [2.75, 3.05) is 31.6 Å². The van der Waals surface area contributed by atoms with Gasteiger partial charge in [0, 0.05) is 28.8 Å². The Morgan fingerprint density at radius 1 is 1.10 bits per heavy atom. The van der Waals surface area contributed by atoms with E-state index in [0.717, 1.165) is 5.56 Å². The van der Waals surface area contributed by atoms with Crippen molar-refractivity contribution in [3.05, 3.63) is 58.1 Å². The molecule has 1 amide bonds. The molecule has 1 N–H and O–H groups in total. The Labute approximate surface area is 180 Å². The van der Waals surface area contributed by atoms with E-state index >= 15 is 0 Å². The van der Waals surface area contributed by atoms with Gasteiger partial charge in [0.2, 0.25) is 10.0 Å². The number of hydrogen-bond acceptors (Lipinski definition) is 4. The van der Waals surface area contributed by atoms with Gasteiger partial charge >= 0.3 is 0 Å². The van der Waals surface area contributed by atoms with Crippen molar-refractivity contribution in [1.29, 1.82) is 0 Å². The van der Waals surface area contributed by atoms with E-state index in [9.17, 15) is 13.2 Å². The molecule has 2 aromatic carbocycles. The van der Waals surface area contributed by atoms with E-state index in [4.69, 9.17) is 4.74 Å². The highest BCUT2D eigenvalue weighted by Gasteiger charge is 2.29. The highest BCUT2D eigenvalue weighted by Crippen LogP contribution is 2.31. The molecule has 0 atom stereocenters. The average molecular weight is 481 g/mol. The van der Waals surface area contributed by atoms with Crippen LogP contribution in [0.2, 0.25) is 0 Å². The Morgan fingerprint density at radius 3 is 2.41 bits per heavy atom. The zero-order valence-corrected chi connectivity index (χ0v) is 19.1. The van der Waals surface area contributed by atoms with Crippen molar-refractivity contribution in [3.8, 4) is 0 Å². The summed E-state index contributed by atoms with van der Waals surface area (Å²) in [6.07, 6.45) is 0. The van der Waals surface area contributed by atoms with Gasteiger partial charge < -0.3 is 10.1 Å². The zero-order valence-electron chi connectivity index (χ0n) is 16.7. The van der Waals surface area contributed by atoms with Crippen molar-refractivity contribution in [3.63, 3.8) is 0 Å². The monoisotopic (exact) mass is 480 g/mol. The van der Waals surface area contributed by atoms with Crippen LogP contribution in [0.15, 0.2) is 51.8 Å². The van der Waals surface area contributed by atoms with Crippen LogP contribution in [0.5, 0.6) is 0 Å². The molecular weight excluding hydrogens is 456 g/mol. The lowest BCUT2D eigenvalue weighted by atomic mass is 9.86. The van der Waals surface area contributed by atoms with E-state index in [0.29, 0.717) is 36.5 Å². The predicted molar refractivity (Wildman–Crippen MR) is 117 cm³/mol. The molecule has 1 aliphatic heterocycles. The van der Waals surface area contributed by atoms with E-state index in [1.807, 2.05) is 24.3 Å². The van der Waals surface area contributed by atoms with Crippen molar-refractivity contribution in [2.45, 2.75) is 31.1 Å². The number of carbonyl (C=O) groups is 1. The first kappa shape index (κ1) is 22.0. The van der Waals surface area contributed by atoms with Gasteiger partial charge in [-0.2, -0.15) is 4.31 Å². The Bertz CT molecular complexity index is 1010. The SMILES string of the molecule is CC(C)(C)c1ccccc1NC(=O)c1ccc(Br)c(S(=O)(=O)N2CCOCC2)c1. The summed E-state index contributed by atoms with van der Waals surface area (Å²) in [5.41, 5.74) is 1.86. The van der Waals surface area contributed by atoms with Gasteiger partial charge in [0.15, 0.2) is 0 Å². The van der Waals surface area contributed by atoms with E-state index in [-0.39, 0.29) is 21.8 Å². The van der Waals surface area contributed by atoms with Crippen LogP contribution in [0.25, 0.3) is 0 Å². The van der Waals surface area contributed by atoms with Gasteiger partial charge in [-0.1, -0.05) is 39.0 Å². The van der Waals surface area contributed by atoms with Crippen LogP contribution < -0.4 is 5.32 Å². The normalized spacial score (nSPS) is 15.9. The van der Waals surface area contributed by atoms with E-state index in [1.54, 1.807) is 12.1 Å². The van der Waals surface area contributed by atoms with Crippen LogP contribution in [0, 0.1) is 0 Å². The minimum absolute atomic E-state index is 0.0798. The number of amides is 1. The van der Waals surface area contributed by atoms with Crippen molar-refractivity contribution < 1.29 is 17.9 Å². The molecule has 6 nitrogen and oxygen atoms in total. The third-order valence-electron chi connectivity index (χ3n) is 4.76. The van der Waals surface area contributed by atoms with Crippen LogP contribution in [0.3, 0.4) is 0 Å². The number of hydrogen-bond donors (Lipinski definition) is 1. The number of carbonyl (C=O) groups excluding carboxylic acids is 1. The van der Waals surface area contributed by atoms with Crippen molar-refractivity contribution in [1.82, 2.24) is 4.31 Å². The first-order valence-corrected chi connectivity index (χ1v) is 11.6. The minimum Gasteiger partial charge on any atom is -0.379 e. The second-order valence-electron chi connectivity index (χ2n) is 7.91. The summed E-state index contributed by atoms with van der Waals surface area (Å²) in [5, 5.41) is 2.93. The molecule has 0 saturated carbocycles. The largest absolute Gasteiger partial charge is 0.379 e. The number of para-hydroxylation sites is 1. The molecule has 2 aromatic rings. The fourth-order valence-corrected chi connectivity index (χ4v) is 5.57. The number of anilines is 1.